The summed E-state index contributed by atoms with van der Waals surface area (Å²) < 4.78 is 67.5. The molecule has 10 nitrogen and oxygen atoms in total. The maximum Gasteiger partial charge on any atom is 0.338 e. The molecule has 1 saturated carbocycles. The first kappa shape index (κ1) is 34.5. The molecule has 1 aromatic carbocycles. The highest BCUT2D eigenvalue weighted by atomic mass is 127. The van der Waals surface area contributed by atoms with Crippen LogP contribution in [-0.4, -0.2) is 73.3 Å². The number of halogens is 4. The van der Waals surface area contributed by atoms with Gasteiger partial charge in [0.1, 0.15) is 12.6 Å². The van der Waals surface area contributed by atoms with E-state index in [1.807, 2.05) is 0 Å². The number of thiazole rings is 1. The molecule has 5 rings (SSSR count). The standard InChI is InChI=1S/C28H30ClF2IN4O6S3/c1-28(27(38)42-10-12-44-32)13-16(14-28)45(39,40)36-8-5-15(6-9-36)22-19(26(37)41-2)23(17-3-4-18(30)21(31)20(17)29)35-24(34-22)25-33-7-11-43-25/h3-4,7,11,15-16,23H,5-6,8-10,12-14H2,1-2H3,(H,34,35). The van der Waals surface area contributed by atoms with Crippen LogP contribution in [0.2, 0.25) is 5.02 Å². The van der Waals surface area contributed by atoms with Gasteiger partial charge in [-0.25, -0.2) is 31.3 Å². The molecule has 2 fully saturated rings. The summed E-state index contributed by atoms with van der Waals surface area (Å²) in [5, 5.41) is 4.27. The maximum atomic E-state index is 14.6. The van der Waals surface area contributed by atoms with Gasteiger partial charge in [-0.15, -0.1) is 11.3 Å². The van der Waals surface area contributed by atoms with E-state index in [-0.39, 0.29) is 55.6 Å². The molecule has 17 heteroatoms. The van der Waals surface area contributed by atoms with Gasteiger partial charge in [0.25, 0.3) is 0 Å². The van der Waals surface area contributed by atoms with Gasteiger partial charge in [-0.1, -0.05) is 26.6 Å². The fourth-order valence-corrected chi connectivity index (χ4v) is 9.75. The van der Waals surface area contributed by atoms with E-state index in [1.165, 1.54) is 37.8 Å². The fraction of sp³-hybridized carbons (Fsp3) is 0.500. The van der Waals surface area contributed by atoms with Crippen LogP contribution in [0.5, 0.6) is 0 Å². The molecule has 1 aromatic heterocycles. The van der Waals surface area contributed by atoms with Crippen LogP contribution in [0.1, 0.15) is 49.2 Å². The Bertz CT molecular complexity index is 1630. The van der Waals surface area contributed by atoms with Crippen molar-refractivity contribution >= 4 is 80.9 Å². The Kier molecular flexibility index (Phi) is 10.8. The van der Waals surface area contributed by atoms with Crippen molar-refractivity contribution in [2.45, 2.75) is 43.9 Å². The lowest BCUT2D eigenvalue weighted by Gasteiger charge is -2.45. The number of aromatic nitrogens is 1. The van der Waals surface area contributed by atoms with E-state index in [4.69, 9.17) is 21.1 Å². The Balaban J connectivity index is 1.38. The second-order valence-corrected chi connectivity index (χ2v) is 17.2. The van der Waals surface area contributed by atoms with Gasteiger partial charge in [-0.05, 0) is 59.9 Å². The number of methoxy groups -OCH3 is 1. The molecule has 45 heavy (non-hydrogen) atoms. The van der Waals surface area contributed by atoms with Gasteiger partial charge in [0.15, 0.2) is 22.5 Å². The monoisotopic (exact) mass is 814 g/mol. The van der Waals surface area contributed by atoms with Crippen LogP contribution in [-0.2, 0) is 29.1 Å². The van der Waals surface area contributed by atoms with E-state index in [0.29, 0.717) is 35.1 Å². The number of hydrogen-bond donors (Lipinski definition) is 1. The Labute approximate surface area is 285 Å². The first-order valence-corrected chi connectivity index (χ1v) is 20.3. The molecular weight excluding hydrogens is 785 g/mol. The van der Waals surface area contributed by atoms with Crippen LogP contribution in [0.25, 0.3) is 0 Å². The molecule has 0 amide bonds. The van der Waals surface area contributed by atoms with Crippen LogP contribution in [0.15, 0.2) is 40.0 Å². The van der Waals surface area contributed by atoms with E-state index in [9.17, 15) is 26.8 Å². The largest absolute Gasteiger partial charge is 0.466 e. The SMILES string of the molecule is COC(=O)C1=C(C2CCN(S(=O)(=O)C3CC(C)(C(=O)OCCSI)C3)CC2)NC(c2nccs2)=NC1c1ccc(F)c(F)c1Cl. The van der Waals surface area contributed by atoms with Gasteiger partial charge < -0.3 is 14.8 Å². The van der Waals surface area contributed by atoms with Gasteiger partial charge in [0.2, 0.25) is 10.0 Å². The lowest BCUT2D eigenvalue weighted by Crippen LogP contribution is -2.54. The molecule has 0 spiro atoms. The van der Waals surface area contributed by atoms with Crippen molar-refractivity contribution in [1.29, 1.82) is 0 Å². The molecule has 3 heterocycles. The first-order valence-electron chi connectivity index (χ1n) is 14.0. The van der Waals surface area contributed by atoms with Gasteiger partial charge in [-0.3, -0.25) is 9.79 Å². The molecule has 1 aliphatic carbocycles. The first-order chi connectivity index (χ1) is 21.4. The topological polar surface area (TPSA) is 127 Å². The number of carbonyl (C=O) groups excluding carboxylic acids is 2. The number of amidine groups is 1. The molecule has 0 bridgehead atoms. The third-order valence-corrected chi connectivity index (χ3v) is 13.4. The van der Waals surface area contributed by atoms with Crippen molar-refractivity contribution in [3.63, 3.8) is 0 Å². The average molecular weight is 815 g/mol. The highest BCUT2D eigenvalue weighted by Crippen LogP contribution is 2.47. The predicted octanol–water partition coefficient (Wildman–Crippen LogP) is 5.43. The molecule has 2 aromatic rings. The van der Waals surface area contributed by atoms with Gasteiger partial charge >= 0.3 is 11.9 Å². The quantitative estimate of drug-likeness (QED) is 0.145. The maximum absolute atomic E-state index is 14.6. The third-order valence-electron chi connectivity index (χ3n) is 8.36. The highest BCUT2D eigenvalue weighted by Gasteiger charge is 2.54. The van der Waals surface area contributed by atoms with Gasteiger partial charge in [0.05, 0.1) is 28.4 Å². The van der Waals surface area contributed by atoms with E-state index < -0.39 is 49.4 Å². The second kappa shape index (κ2) is 14.1. The number of aliphatic imine (C=N–C) groups is 1. The number of sulfonamides is 1. The lowest BCUT2D eigenvalue weighted by molar-refractivity contribution is -0.159. The summed E-state index contributed by atoms with van der Waals surface area (Å²) in [7, 11) is -0.958. The summed E-state index contributed by atoms with van der Waals surface area (Å²) in [6.07, 6.45) is 2.67. The second-order valence-electron chi connectivity index (χ2n) is 11.2. The zero-order valence-electron chi connectivity index (χ0n) is 24.2. The van der Waals surface area contributed by atoms with Crippen molar-refractivity contribution in [1.82, 2.24) is 14.6 Å². The minimum absolute atomic E-state index is 0.0706. The number of allylic oxidation sites excluding steroid dienone is 1. The molecular formula is C28H30ClF2IN4O6S3. The van der Waals surface area contributed by atoms with E-state index >= 15 is 0 Å². The molecule has 2 aliphatic heterocycles. The summed E-state index contributed by atoms with van der Waals surface area (Å²) in [6, 6.07) is 1.06. The third kappa shape index (κ3) is 6.91. The minimum atomic E-state index is -3.69. The summed E-state index contributed by atoms with van der Waals surface area (Å²) >= 11 is 9.66. The van der Waals surface area contributed by atoms with Crippen LogP contribution in [0.4, 0.5) is 8.78 Å². The predicted molar refractivity (Wildman–Crippen MR) is 177 cm³/mol. The van der Waals surface area contributed by atoms with Crippen molar-refractivity contribution in [2.24, 2.45) is 16.3 Å². The van der Waals surface area contributed by atoms with E-state index in [0.717, 1.165) is 6.07 Å². The molecule has 1 atom stereocenters. The normalized spacial score (nSPS) is 24.4. The number of piperidine rings is 1. The minimum Gasteiger partial charge on any atom is -0.466 e. The zero-order valence-corrected chi connectivity index (χ0v) is 29.6. The van der Waals surface area contributed by atoms with Crippen LogP contribution >= 0.6 is 53.1 Å². The number of esters is 2. The molecule has 244 valence electrons. The molecule has 0 radical (unpaired) electrons. The van der Waals surface area contributed by atoms with Crippen LogP contribution in [0, 0.1) is 23.0 Å². The average Bonchev–Trinajstić information content (AvgIpc) is 3.57. The van der Waals surface area contributed by atoms with E-state index in [1.54, 1.807) is 18.5 Å². The Morgan fingerprint density at radius 1 is 1.27 bits per heavy atom. The molecule has 3 aliphatic rings. The Morgan fingerprint density at radius 2 is 1.98 bits per heavy atom. The number of hydrogen-bond acceptors (Lipinski definition) is 11. The number of nitrogens with one attached hydrogen (secondary N) is 1. The van der Waals surface area contributed by atoms with Crippen molar-refractivity contribution in [2.75, 3.05) is 32.6 Å². The van der Waals surface area contributed by atoms with Crippen molar-refractivity contribution < 1.29 is 36.3 Å². The Hall–Kier alpha value is -1.86. The number of nitrogens with zero attached hydrogens (tertiary/aromatic N) is 3. The van der Waals surface area contributed by atoms with Crippen LogP contribution < -0.4 is 5.32 Å². The Morgan fingerprint density at radius 3 is 2.60 bits per heavy atom. The lowest BCUT2D eigenvalue weighted by atomic mass is 9.70. The molecule has 1 unspecified atom stereocenters. The molecule has 1 N–H and O–H groups in total. The van der Waals surface area contributed by atoms with Crippen molar-refractivity contribution in [3.8, 4) is 0 Å². The smallest absolute Gasteiger partial charge is 0.338 e. The summed E-state index contributed by atoms with van der Waals surface area (Å²) in [6.45, 7) is 2.37. The number of carbonyl (C=O) groups is 2. The van der Waals surface area contributed by atoms with Gasteiger partial charge in [-0.2, -0.15) is 0 Å². The summed E-state index contributed by atoms with van der Waals surface area (Å²) in [5.74, 6) is -2.88. The van der Waals surface area contributed by atoms with E-state index in [2.05, 4.69) is 36.5 Å². The number of rotatable bonds is 10. The van der Waals surface area contributed by atoms with Gasteiger partial charge in [0, 0.05) is 47.6 Å². The summed E-state index contributed by atoms with van der Waals surface area (Å²) in [5.41, 5.74) is -0.252. The fourth-order valence-electron chi connectivity index (χ4n) is 5.92. The molecule has 1 saturated heterocycles. The van der Waals surface area contributed by atoms with Crippen LogP contribution in [0.3, 0.4) is 0 Å². The zero-order chi connectivity index (χ0) is 32.5. The number of ether oxygens (including phenoxy) is 2. The summed E-state index contributed by atoms with van der Waals surface area (Å²) in [4.78, 5) is 34.8. The number of benzene rings is 1. The highest BCUT2D eigenvalue weighted by molar-refractivity contribution is 14.2. The van der Waals surface area contributed by atoms with Crippen molar-refractivity contribution in [3.05, 3.63) is 62.2 Å².